The van der Waals surface area contributed by atoms with E-state index in [1.165, 1.54) is 24.8 Å². The number of carbonyl (C=O) groups is 1. The van der Waals surface area contributed by atoms with Crippen LogP contribution < -0.4 is 5.43 Å². The number of nitrogens with one attached hydrogen (secondary N) is 1. The highest BCUT2D eigenvalue weighted by Gasteiger charge is 1.99. The van der Waals surface area contributed by atoms with Crippen LogP contribution in [-0.2, 0) is 4.79 Å². The average molecular weight is 288 g/mol. The second-order valence-corrected chi connectivity index (χ2v) is 5.78. The molecule has 0 aliphatic rings. The molecule has 0 heterocycles. The molecule has 0 spiro atoms. The van der Waals surface area contributed by atoms with Gasteiger partial charge in [0, 0.05) is 6.42 Å². The third-order valence-corrected chi connectivity index (χ3v) is 3.51. The molecule has 0 saturated heterocycles. The van der Waals surface area contributed by atoms with Crippen molar-refractivity contribution >= 4 is 12.1 Å². The molecular formula is C18H28N2O. The van der Waals surface area contributed by atoms with E-state index in [0.29, 0.717) is 12.3 Å². The normalized spacial score (nSPS) is 11.2. The van der Waals surface area contributed by atoms with Gasteiger partial charge in [0.2, 0.25) is 5.91 Å². The maximum atomic E-state index is 11.6. The zero-order valence-corrected chi connectivity index (χ0v) is 13.6. The van der Waals surface area contributed by atoms with E-state index in [9.17, 15) is 4.79 Å². The Morgan fingerprint density at radius 1 is 1.14 bits per heavy atom. The van der Waals surface area contributed by atoms with Crippen molar-refractivity contribution in [1.82, 2.24) is 5.43 Å². The predicted molar refractivity (Wildman–Crippen MR) is 89.6 cm³/mol. The molecule has 0 aliphatic carbocycles. The van der Waals surface area contributed by atoms with Crippen LogP contribution in [0.25, 0.3) is 0 Å². The van der Waals surface area contributed by atoms with Gasteiger partial charge in [0.05, 0.1) is 6.21 Å². The lowest BCUT2D eigenvalue weighted by Gasteiger charge is -2.04. The van der Waals surface area contributed by atoms with E-state index < -0.39 is 0 Å². The summed E-state index contributed by atoms with van der Waals surface area (Å²) in [6.07, 6.45) is 8.03. The van der Waals surface area contributed by atoms with Gasteiger partial charge in [-0.1, -0.05) is 70.7 Å². The topological polar surface area (TPSA) is 41.5 Å². The van der Waals surface area contributed by atoms with Gasteiger partial charge >= 0.3 is 0 Å². The average Bonchev–Trinajstić information content (AvgIpc) is 2.47. The van der Waals surface area contributed by atoms with Gasteiger partial charge in [-0.3, -0.25) is 4.79 Å². The van der Waals surface area contributed by atoms with Crippen molar-refractivity contribution in [1.29, 1.82) is 0 Å². The molecule has 1 aromatic carbocycles. The molecule has 3 heteroatoms. The molecule has 0 bridgehead atoms. The van der Waals surface area contributed by atoms with Crippen LogP contribution in [0.2, 0.25) is 0 Å². The van der Waals surface area contributed by atoms with E-state index in [0.717, 1.165) is 18.4 Å². The van der Waals surface area contributed by atoms with E-state index in [-0.39, 0.29) is 5.91 Å². The summed E-state index contributed by atoms with van der Waals surface area (Å²) in [4.78, 5) is 11.6. The smallest absolute Gasteiger partial charge is 0.240 e. The Hall–Kier alpha value is -1.64. The molecule has 1 N–H and O–H groups in total. The van der Waals surface area contributed by atoms with Crippen molar-refractivity contribution in [2.45, 2.75) is 65.2 Å². The second kappa shape index (κ2) is 10.1. The number of hydrogen-bond donors (Lipinski definition) is 1. The SMILES string of the molecule is CCCCCCCC(=O)NN=Cc1ccc(C(C)C)cc1. The van der Waals surface area contributed by atoms with Gasteiger partial charge < -0.3 is 0 Å². The molecule has 0 aromatic heterocycles. The van der Waals surface area contributed by atoms with Crippen LogP contribution in [0.15, 0.2) is 29.4 Å². The van der Waals surface area contributed by atoms with E-state index >= 15 is 0 Å². The molecule has 0 radical (unpaired) electrons. The van der Waals surface area contributed by atoms with Crippen LogP contribution in [-0.4, -0.2) is 12.1 Å². The van der Waals surface area contributed by atoms with Gasteiger partial charge in [-0.05, 0) is 23.5 Å². The maximum absolute atomic E-state index is 11.6. The molecule has 116 valence electrons. The molecule has 1 rings (SSSR count). The summed E-state index contributed by atoms with van der Waals surface area (Å²) in [7, 11) is 0. The summed E-state index contributed by atoms with van der Waals surface area (Å²) in [5.74, 6) is 0.532. The molecule has 0 atom stereocenters. The number of amides is 1. The summed E-state index contributed by atoms with van der Waals surface area (Å²) in [6.45, 7) is 6.53. The molecule has 0 saturated carbocycles. The Bertz CT molecular complexity index is 435. The first-order chi connectivity index (χ1) is 10.1. The van der Waals surface area contributed by atoms with Gasteiger partial charge in [-0.25, -0.2) is 5.43 Å². The minimum absolute atomic E-state index is 0.00143. The summed E-state index contributed by atoms with van der Waals surface area (Å²) in [6, 6.07) is 8.24. The minimum atomic E-state index is 0.00143. The standard InChI is InChI=1S/C18H28N2O/c1-4-5-6-7-8-9-18(21)20-19-14-16-10-12-17(13-11-16)15(2)3/h10-15H,4-9H2,1-3H3,(H,20,21). The Balaban J connectivity index is 2.25. The van der Waals surface area contributed by atoms with Gasteiger partial charge in [0.25, 0.3) is 0 Å². The van der Waals surface area contributed by atoms with Crippen LogP contribution in [0.3, 0.4) is 0 Å². The number of carbonyl (C=O) groups excluding carboxylic acids is 1. The Labute approximate surface area is 128 Å². The van der Waals surface area contributed by atoms with Gasteiger partial charge in [-0.15, -0.1) is 0 Å². The monoisotopic (exact) mass is 288 g/mol. The fraction of sp³-hybridized carbons (Fsp3) is 0.556. The summed E-state index contributed by atoms with van der Waals surface area (Å²) >= 11 is 0. The van der Waals surface area contributed by atoms with Crippen LogP contribution >= 0.6 is 0 Å². The summed E-state index contributed by atoms with van der Waals surface area (Å²) in [5, 5.41) is 4.01. The van der Waals surface area contributed by atoms with Crippen molar-refractivity contribution in [3.63, 3.8) is 0 Å². The zero-order valence-electron chi connectivity index (χ0n) is 13.6. The van der Waals surface area contributed by atoms with Gasteiger partial charge in [0.1, 0.15) is 0 Å². The van der Waals surface area contributed by atoms with Crippen molar-refractivity contribution < 1.29 is 4.79 Å². The molecule has 3 nitrogen and oxygen atoms in total. The molecule has 1 amide bonds. The van der Waals surface area contributed by atoms with E-state index in [1.807, 2.05) is 12.1 Å². The molecule has 1 aromatic rings. The summed E-state index contributed by atoms with van der Waals surface area (Å²) < 4.78 is 0. The molecule has 0 aliphatic heterocycles. The maximum Gasteiger partial charge on any atom is 0.240 e. The van der Waals surface area contributed by atoms with E-state index in [2.05, 4.69) is 43.4 Å². The van der Waals surface area contributed by atoms with E-state index in [1.54, 1.807) is 6.21 Å². The fourth-order valence-electron chi connectivity index (χ4n) is 2.09. The lowest BCUT2D eigenvalue weighted by molar-refractivity contribution is -0.121. The number of nitrogens with zero attached hydrogens (tertiary/aromatic N) is 1. The van der Waals surface area contributed by atoms with Crippen molar-refractivity contribution in [3.8, 4) is 0 Å². The number of rotatable bonds is 9. The Morgan fingerprint density at radius 3 is 2.43 bits per heavy atom. The minimum Gasteiger partial charge on any atom is -0.273 e. The van der Waals surface area contributed by atoms with Crippen LogP contribution in [0.4, 0.5) is 0 Å². The summed E-state index contributed by atoms with van der Waals surface area (Å²) in [5.41, 5.74) is 4.90. The molecule has 0 unspecified atom stereocenters. The van der Waals surface area contributed by atoms with Gasteiger partial charge in [0.15, 0.2) is 0 Å². The lowest BCUT2D eigenvalue weighted by Crippen LogP contribution is -2.16. The fourth-order valence-corrected chi connectivity index (χ4v) is 2.09. The van der Waals surface area contributed by atoms with Crippen molar-refractivity contribution in [2.24, 2.45) is 5.10 Å². The van der Waals surface area contributed by atoms with Crippen molar-refractivity contribution in [2.75, 3.05) is 0 Å². The predicted octanol–water partition coefficient (Wildman–Crippen LogP) is 4.62. The largest absolute Gasteiger partial charge is 0.273 e. The quantitative estimate of drug-likeness (QED) is 0.402. The third kappa shape index (κ3) is 7.64. The second-order valence-electron chi connectivity index (χ2n) is 5.78. The highest BCUT2D eigenvalue weighted by molar-refractivity contribution is 5.82. The molecule has 0 fully saturated rings. The van der Waals surface area contributed by atoms with Crippen LogP contribution in [0, 0.1) is 0 Å². The Kier molecular flexibility index (Phi) is 8.41. The van der Waals surface area contributed by atoms with Crippen LogP contribution in [0.1, 0.15) is 76.3 Å². The number of benzene rings is 1. The highest BCUT2D eigenvalue weighted by Crippen LogP contribution is 2.13. The van der Waals surface area contributed by atoms with Gasteiger partial charge in [-0.2, -0.15) is 5.10 Å². The Morgan fingerprint density at radius 2 is 1.81 bits per heavy atom. The number of unbranched alkanes of at least 4 members (excludes halogenated alkanes) is 4. The molecular weight excluding hydrogens is 260 g/mol. The first-order valence-electron chi connectivity index (χ1n) is 8.05. The number of hydrazone groups is 1. The molecule has 21 heavy (non-hydrogen) atoms. The van der Waals surface area contributed by atoms with Crippen LogP contribution in [0.5, 0.6) is 0 Å². The first-order valence-corrected chi connectivity index (χ1v) is 8.05. The number of hydrogen-bond acceptors (Lipinski definition) is 2. The highest BCUT2D eigenvalue weighted by atomic mass is 16.2. The first kappa shape index (κ1) is 17.4. The zero-order chi connectivity index (χ0) is 15.5. The van der Waals surface area contributed by atoms with Crippen molar-refractivity contribution in [3.05, 3.63) is 35.4 Å². The van der Waals surface area contributed by atoms with E-state index in [4.69, 9.17) is 0 Å². The lowest BCUT2D eigenvalue weighted by atomic mass is 10.0. The third-order valence-electron chi connectivity index (χ3n) is 3.51.